The molecule has 0 saturated carbocycles. The van der Waals surface area contributed by atoms with Gasteiger partial charge in [0.1, 0.15) is 6.10 Å². The second-order valence-electron chi connectivity index (χ2n) is 5.22. The minimum Gasteiger partial charge on any atom is -0.386 e. The van der Waals surface area contributed by atoms with Crippen molar-refractivity contribution < 1.29 is 13.5 Å². The summed E-state index contributed by atoms with van der Waals surface area (Å²) in [6, 6.07) is 13.5. The minimum absolute atomic E-state index is 0.0915. The van der Waals surface area contributed by atoms with Crippen LogP contribution in [-0.2, 0) is 16.4 Å². The molecule has 2 aromatic rings. The van der Waals surface area contributed by atoms with E-state index in [0.717, 1.165) is 16.9 Å². The highest BCUT2D eigenvalue weighted by atomic mass is 32.2. The van der Waals surface area contributed by atoms with Crippen LogP contribution in [0.4, 0.5) is 0 Å². The van der Waals surface area contributed by atoms with Crippen LogP contribution >= 0.6 is 11.3 Å². The summed E-state index contributed by atoms with van der Waals surface area (Å²) in [5.74, 6) is 0.0928. The Balaban J connectivity index is 1.84. The van der Waals surface area contributed by atoms with Crippen molar-refractivity contribution >= 4 is 21.4 Å². The van der Waals surface area contributed by atoms with E-state index in [9.17, 15) is 13.5 Å². The number of aliphatic hydroxyl groups is 1. The lowest BCUT2D eigenvalue weighted by atomic mass is 10.1. The molecule has 0 fully saturated rings. The first-order chi connectivity index (χ1) is 10.5. The molecule has 0 bridgehead atoms. The monoisotopic (exact) mass is 339 g/mol. The van der Waals surface area contributed by atoms with Crippen molar-refractivity contribution in [2.75, 3.05) is 19.3 Å². The highest BCUT2D eigenvalue weighted by Gasteiger charge is 2.21. The average Bonchev–Trinajstić information content (AvgIpc) is 3.02. The largest absolute Gasteiger partial charge is 0.386 e. The van der Waals surface area contributed by atoms with Gasteiger partial charge in [0.15, 0.2) is 0 Å². The summed E-state index contributed by atoms with van der Waals surface area (Å²) in [5, 5.41) is 11.9. The van der Waals surface area contributed by atoms with E-state index in [1.165, 1.54) is 22.7 Å². The number of aliphatic hydroxyl groups excluding tert-OH is 1. The smallest absolute Gasteiger partial charge is 0.213 e. The molecule has 1 heterocycles. The first-order valence-electron chi connectivity index (χ1n) is 7.18. The molecule has 0 radical (unpaired) electrons. The first-order valence-corrected chi connectivity index (χ1v) is 9.67. The number of benzene rings is 1. The van der Waals surface area contributed by atoms with E-state index in [0.29, 0.717) is 6.42 Å². The van der Waals surface area contributed by atoms with Crippen molar-refractivity contribution in [2.45, 2.75) is 18.9 Å². The Bertz CT molecular complexity index is 654. The highest BCUT2D eigenvalue weighted by molar-refractivity contribution is 7.89. The quantitative estimate of drug-likeness (QED) is 0.804. The van der Waals surface area contributed by atoms with Crippen LogP contribution in [0.2, 0.25) is 0 Å². The molecule has 0 amide bonds. The molecule has 1 atom stereocenters. The summed E-state index contributed by atoms with van der Waals surface area (Å²) in [6.07, 6.45) is 0.543. The molecule has 120 valence electrons. The zero-order chi connectivity index (χ0) is 16.0. The number of hydrogen-bond donors (Lipinski definition) is 1. The number of likely N-dealkylation sites (N-methyl/N-ethyl adjacent to an activating group) is 1. The lowest BCUT2D eigenvalue weighted by Gasteiger charge is -2.20. The van der Waals surface area contributed by atoms with E-state index < -0.39 is 16.1 Å². The van der Waals surface area contributed by atoms with E-state index >= 15 is 0 Å². The molecule has 0 spiro atoms. The maximum absolute atomic E-state index is 12.2. The molecule has 1 N–H and O–H groups in total. The zero-order valence-corrected chi connectivity index (χ0v) is 14.2. The number of aryl methyl sites for hydroxylation is 1. The zero-order valence-electron chi connectivity index (χ0n) is 12.6. The predicted molar refractivity (Wildman–Crippen MR) is 90.5 cm³/mol. The van der Waals surface area contributed by atoms with Gasteiger partial charge in [-0.2, -0.15) is 0 Å². The molecule has 0 saturated heterocycles. The van der Waals surface area contributed by atoms with Crippen molar-refractivity contribution in [3.05, 3.63) is 58.3 Å². The van der Waals surface area contributed by atoms with Gasteiger partial charge in [-0.3, -0.25) is 0 Å². The fourth-order valence-corrected chi connectivity index (χ4v) is 4.08. The Morgan fingerprint density at radius 1 is 1.18 bits per heavy atom. The van der Waals surface area contributed by atoms with Crippen molar-refractivity contribution in [1.29, 1.82) is 0 Å². The van der Waals surface area contributed by atoms with E-state index in [-0.39, 0.29) is 12.3 Å². The Labute approximate surface area is 136 Å². The van der Waals surface area contributed by atoms with Crippen molar-refractivity contribution in [3.63, 3.8) is 0 Å². The molecular weight excluding hydrogens is 318 g/mol. The summed E-state index contributed by atoms with van der Waals surface area (Å²) < 4.78 is 25.7. The topological polar surface area (TPSA) is 57.6 Å². The third kappa shape index (κ3) is 4.91. The number of nitrogens with zero attached hydrogens (tertiary/aromatic N) is 1. The van der Waals surface area contributed by atoms with Gasteiger partial charge < -0.3 is 5.11 Å². The third-order valence-corrected chi connectivity index (χ3v) is 6.36. The van der Waals surface area contributed by atoms with Crippen molar-refractivity contribution in [1.82, 2.24) is 4.31 Å². The molecule has 4 nitrogen and oxygen atoms in total. The third-order valence-electron chi connectivity index (χ3n) is 3.49. The van der Waals surface area contributed by atoms with Gasteiger partial charge in [-0.25, -0.2) is 12.7 Å². The second kappa shape index (κ2) is 7.87. The number of rotatable bonds is 8. The van der Waals surface area contributed by atoms with Gasteiger partial charge in [0.25, 0.3) is 0 Å². The Morgan fingerprint density at radius 3 is 2.55 bits per heavy atom. The van der Waals surface area contributed by atoms with Crippen LogP contribution < -0.4 is 0 Å². The predicted octanol–water partition coefficient (Wildman–Crippen LogP) is 2.68. The highest BCUT2D eigenvalue weighted by Crippen LogP contribution is 2.20. The first kappa shape index (κ1) is 17.1. The van der Waals surface area contributed by atoms with Gasteiger partial charge in [-0.1, -0.05) is 36.4 Å². The Morgan fingerprint density at radius 2 is 1.91 bits per heavy atom. The van der Waals surface area contributed by atoms with E-state index in [4.69, 9.17) is 0 Å². The molecule has 2 rings (SSSR count). The summed E-state index contributed by atoms with van der Waals surface area (Å²) in [7, 11) is -1.82. The van der Waals surface area contributed by atoms with Gasteiger partial charge in [0, 0.05) is 18.5 Å². The van der Waals surface area contributed by atoms with Crippen LogP contribution in [0, 0.1) is 0 Å². The fraction of sp³-hybridized carbons (Fsp3) is 0.375. The van der Waals surface area contributed by atoms with Crippen LogP contribution in [-0.4, -0.2) is 37.2 Å². The molecule has 1 unspecified atom stereocenters. The van der Waals surface area contributed by atoms with Crippen molar-refractivity contribution in [2.24, 2.45) is 0 Å². The van der Waals surface area contributed by atoms with E-state index in [2.05, 4.69) is 0 Å². The lowest BCUT2D eigenvalue weighted by molar-refractivity contribution is 0.158. The van der Waals surface area contributed by atoms with Crippen molar-refractivity contribution in [3.8, 4) is 0 Å². The molecule has 0 aliphatic carbocycles. The fourth-order valence-electron chi connectivity index (χ4n) is 2.19. The molecule has 22 heavy (non-hydrogen) atoms. The molecule has 6 heteroatoms. The number of sulfonamides is 1. The maximum Gasteiger partial charge on any atom is 0.213 e. The lowest BCUT2D eigenvalue weighted by Crippen LogP contribution is -2.33. The van der Waals surface area contributed by atoms with Crippen LogP contribution in [0.1, 0.15) is 23.0 Å². The molecular formula is C16H21NO3S2. The summed E-state index contributed by atoms with van der Waals surface area (Å²) in [6.45, 7) is 0.0915. The Kier molecular flexibility index (Phi) is 6.14. The van der Waals surface area contributed by atoms with Gasteiger partial charge in [0.2, 0.25) is 10.0 Å². The maximum atomic E-state index is 12.2. The molecule has 0 aliphatic heterocycles. The summed E-state index contributed by atoms with van der Waals surface area (Å²) in [4.78, 5) is 0.784. The van der Waals surface area contributed by atoms with Crippen LogP contribution in [0.3, 0.4) is 0 Å². The SMILES string of the molecule is CN(CC(O)c1cccs1)S(=O)(=O)CCCc1ccccc1. The Hall–Kier alpha value is -1.21. The van der Waals surface area contributed by atoms with Gasteiger partial charge in [-0.15, -0.1) is 11.3 Å². The van der Waals surface area contributed by atoms with E-state index in [1.54, 1.807) is 0 Å². The summed E-state index contributed by atoms with van der Waals surface area (Å²) in [5.41, 5.74) is 1.14. The molecule has 1 aromatic heterocycles. The molecule has 1 aromatic carbocycles. The standard InChI is InChI=1S/C16H21NO3S2/c1-17(13-15(18)16-10-5-11-21-16)22(19,20)12-6-9-14-7-3-2-4-8-14/h2-5,7-8,10-11,15,18H,6,9,12-13H2,1H3. The molecule has 0 aliphatic rings. The average molecular weight is 339 g/mol. The van der Waals surface area contributed by atoms with Gasteiger partial charge in [0.05, 0.1) is 5.75 Å². The van der Waals surface area contributed by atoms with Crippen LogP contribution in [0.5, 0.6) is 0 Å². The number of thiophene rings is 1. The van der Waals surface area contributed by atoms with E-state index in [1.807, 2.05) is 47.8 Å². The summed E-state index contributed by atoms with van der Waals surface area (Å²) >= 11 is 1.43. The second-order valence-corrected chi connectivity index (χ2v) is 8.39. The number of hydrogen-bond acceptors (Lipinski definition) is 4. The van der Waals surface area contributed by atoms with Gasteiger partial charge >= 0.3 is 0 Å². The normalized spacial score (nSPS) is 13.4. The van der Waals surface area contributed by atoms with Crippen LogP contribution in [0.25, 0.3) is 0 Å². The minimum atomic E-state index is -3.34. The van der Waals surface area contributed by atoms with Crippen LogP contribution in [0.15, 0.2) is 47.8 Å². The van der Waals surface area contributed by atoms with Gasteiger partial charge in [-0.05, 0) is 29.9 Å².